The number of hydrogen-bond donors (Lipinski definition) is 0. The Kier molecular flexibility index (Phi) is 6.95. The summed E-state index contributed by atoms with van der Waals surface area (Å²) in [6.07, 6.45) is 3.33. The second-order valence-corrected chi connectivity index (χ2v) is 8.72. The van der Waals surface area contributed by atoms with Gasteiger partial charge in [-0.25, -0.2) is 8.42 Å². The zero-order valence-electron chi connectivity index (χ0n) is 12.0. The fourth-order valence-electron chi connectivity index (χ4n) is 2.38. The van der Waals surface area contributed by atoms with Crippen molar-refractivity contribution in [2.75, 3.05) is 24.8 Å². The highest BCUT2D eigenvalue weighted by Gasteiger charge is 2.27. The molecule has 0 bridgehead atoms. The molecule has 0 amide bonds. The van der Waals surface area contributed by atoms with Gasteiger partial charge in [-0.15, -0.1) is 22.9 Å². The Labute approximate surface area is 136 Å². The number of ether oxygens (including phenoxy) is 1. The Balaban J connectivity index is 2.02. The summed E-state index contributed by atoms with van der Waals surface area (Å²) in [5.74, 6) is 0.671. The highest BCUT2D eigenvalue weighted by atomic mass is 35.5. The third-order valence-corrected chi connectivity index (χ3v) is 6.52. The molecule has 0 spiro atoms. The van der Waals surface area contributed by atoms with Crippen molar-refractivity contribution < 1.29 is 13.2 Å². The highest BCUT2D eigenvalue weighted by Crippen LogP contribution is 2.20. The molecule has 1 aliphatic rings. The third-order valence-electron chi connectivity index (χ3n) is 3.52. The van der Waals surface area contributed by atoms with Crippen molar-refractivity contribution in [2.45, 2.75) is 38.3 Å². The minimum Gasteiger partial charge on any atom is -0.377 e. The van der Waals surface area contributed by atoms with Gasteiger partial charge in [0.15, 0.2) is 0 Å². The zero-order valence-corrected chi connectivity index (χ0v) is 14.4. The molecule has 1 fully saturated rings. The van der Waals surface area contributed by atoms with E-state index in [2.05, 4.69) is 0 Å². The first-order valence-electron chi connectivity index (χ1n) is 7.29. The van der Waals surface area contributed by atoms with Gasteiger partial charge in [0.2, 0.25) is 10.0 Å². The van der Waals surface area contributed by atoms with Gasteiger partial charge in [0.05, 0.1) is 11.9 Å². The van der Waals surface area contributed by atoms with Crippen LogP contribution in [0.15, 0.2) is 17.5 Å². The molecular formula is C14H22ClNO3S2. The largest absolute Gasteiger partial charge is 0.377 e. The van der Waals surface area contributed by atoms with E-state index in [1.165, 1.54) is 0 Å². The second kappa shape index (κ2) is 8.48. The SMILES string of the molecule is O=S(=O)(CCCCCl)N(Cc1cccs1)CC1CCCO1. The summed E-state index contributed by atoms with van der Waals surface area (Å²) in [7, 11) is -3.26. The average molecular weight is 352 g/mol. The number of rotatable bonds is 9. The molecule has 1 aromatic heterocycles. The average Bonchev–Trinajstić information content (AvgIpc) is 3.11. The molecular weight excluding hydrogens is 330 g/mol. The Morgan fingerprint density at radius 3 is 2.90 bits per heavy atom. The van der Waals surface area contributed by atoms with Gasteiger partial charge in [0, 0.05) is 30.5 Å². The van der Waals surface area contributed by atoms with E-state index in [1.807, 2.05) is 17.5 Å². The predicted octanol–water partition coefficient (Wildman–Crippen LogP) is 3.08. The van der Waals surface area contributed by atoms with Crippen LogP contribution in [0.2, 0.25) is 0 Å². The van der Waals surface area contributed by atoms with Crippen LogP contribution in [0.5, 0.6) is 0 Å². The lowest BCUT2D eigenvalue weighted by Crippen LogP contribution is -2.38. The number of alkyl halides is 1. The first-order chi connectivity index (χ1) is 10.1. The van der Waals surface area contributed by atoms with E-state index in [4.69, 9.17) is 16.3 Å². The molecule has 1 aromatic rings. The Morgan fingerprint density at radius 1 is 1.43 bits per heavy atom. The van der Waals surface area contributed by atoms with Crippen molar-refractivity contribution in [3.63, 3.8) is 0 Å². The topological polar surface area (TPSA) is 46.6 Å². The number of thiophene rings is 1. The fraction of sp³-hybridized carbons (Fsp3) is 0.714. The monoisotopic (exact) mass is 351 g/mol. The van der Waals surface area contributed by atoms with Crippen LogP contribution in [0.3, 0.4) is 0 Å². The third kappa shape index (κ3) is 5.53. The van der Waals surface area contributed by atoms with Crippen molar-refractivity contribution in [1.82, 2.24) is 4.31 Å². The lowest BCUT2D eigenvalue weighted by molar-refractivity contribution is 0.0927. The van der Waals surface area contributed by atoms with E-state index >= 15 is 0 Å². The summed E-state index contributed by atoms with van der Waals surface area (Å²) in [4.78, 5) is 1.06. The standard InChI is InChI=1S/C14H22ClNO3S2/c15-7-1-2-10-21(17,18)16(11-13-5-3-8-19-13)12-14-6-4-9-20-14/h4,6,9,13H,1-3,5,7-8,10-12H2. The maximum Gasteiger partial charge on any atom is 0.214 e. The number of halogens is 1. The Bertz CT molecular complexity index is 498. The molecule has 1 saturated heterocycles. The molecule has 0 N–H and O–H groups in total. The number of nitrogens with zero attached hydrogens (tertiary/aromatic N) is 1. The van der Waals surface area contributed by atoms with Crippen LogP contribution in [-0.2, 0) is 21.3 Å². The molecule has 1 aliphatic heterocycles. The van der Waals surface area contributed by atoms with Crippen molar-refractivity contribution in [1.29, 1.82) is 0 Å². The van der Waals surface area contributed by atoms with Gasteiger partial charge >= 0.3 is 0 Å². The second-order valence-electron chi connectivity index (χ2n) is 5.22. The van der Waals surface area contributed by atoms with Crippen molar-refractivity contribution in [3.05, 3.63) is 22.4 Å². The number of unbranched alkanes of at least 4 members (excludes halogenated alkanes) is 1. The minimum atomic E-state index is -3.26. The van der Waals surface area contributed by atoms with Crippen LogP contribution in [0.1, 0.15) is 30.6 Å². The summed E-state index contributed by atoms with van der Waals surface area (Å²) in [6, 6.07) is 3.92. The molecule has 1 atom stereocenters. The molecule has 0 saturated carbocycles. The van der Waals surface area contributed by atoms with Crippen molar-refractivity contribution in [3.8, 4) is 0 Å². The van der Waals surface area contributed by atoms with E-state index in [1.54, 1.807) is 15.6 Å². The van der Waals surface area contributed by atoms with E-state index in [9.17, 15) is 8.42 Å². The number of sulfonamides is 1. The Morgan fingerprint density at radius 2 is 2.29 bits per heavy atom. The van der Waals surface area contributed by atoms with Crippen LogP contribution >= 0.6 is 22.9 Å². The van der Waals surface area contributed by atoms with Gasteiger partial charge in [0.25, 0.3) is 0 Å². The minimum absolute atomic E-state index is 0.0350. The molecule has 0 aromatic carbocycles. The summed E-state index contributed by atoms with van der Waals surface area (Å²) >= 11 is 7.22. The van der Waals surface area contributed by atoms with Crippen LogP contribution in [0.25, 0.3) is 0 Å². The summed E-state index contributed by atoms with van der Waals surface area (Å²) in [6.45, 7) is 1.64. The molecule has 1 unspecified atom stereocenters. The van der Waals surface area contributed by atoms with Gasteiger partial charge in [-0.3, -0.25) is 0 Å². The van der Waals surface area contributed by atoms with Crippen LogP contribution in [-0.4, -0.2) is 43.6 Å². The maximum atomic E-state index is 12.6. The molecule has 7 heteroatoms. The van der Waals surface area contributed by atoms with Gasteiger partial charge in [-0.05, 0) is 37.1 Å². The highest BCUT2D eigenvalue weighted by molar-refractivity contribution is 7.89. The normalized spacial score (nSPS) is 19.4. The lowest BCUT2D eigenvalue weighted by Gasteiger charge is -2.24. The van der Waals surface area contributed by atoms with Crippen LogP contribution in [0.4, 0.5) is 0 Å². The molecule has 120 valence electrons. The van der Waals surface area contributed by atoms with Gasteiger partial charge in [0.1, 0.15) is 0 Å². The molecule has 2 rings (SSSR count). The van der Waals surface area contributed by atoms with Crippen LogP contribution < -0.4 is 0 Å². The summed E-state index contributed by atoms with van der Waals surface area (Å²) < 4.78 is 32.3. The Hall–Kier alpha value is -0.140. The molecule has 2 heterocycles. The predicted molar refractivity (Wildman–Crippen MR) is 87.4 cm³/mol. The maximum absolute atomic E-state index is 12.6. The first-order valence-corrected chi connectivity index (χ1v) is 10.3. The zero-order chi connectivity index (χ0) is 15.1. The van der Waals surface area contributed by atoms with E-state index in [0.29, 0.717) is 25.4 Å². The first kappa shape index (κ1) is 17.2. The fourth-order valence-corrected chi connectivity index (χ4v) is 4.92. The van der Waals surface area contributed by atoms with Crippen LogP contribution in [0, 0.1) is 0 Å². The van der Waals surface area contributed by atoms with E-state index in [0.717, 1.165) is 30.7 Å². The van der Waals surface area contributed by atoms with Crippen molar-refractivity contribution >= 4 is 33.0 Å². The molecule has 0 radical (unpaired) electrons. The van der Waals surface area contributed by atoms with E-state index in [-0.39, 0.29) is 11.9 Å². The molecule has 0 aliphatic carbocycles. The van der Waals surface area contributed by atoms with Gasteiger partial charge in [-0.1, -0.05) is 6.07 Å². The molecule has 4 nitrogen and oxygen atoms in total. The summed E-state index contributed by atoms with van der Waals surface area (Å²) in [5, 5.41) is 1.97. The van der Waals surface area contributed by atoms with Gasteiger partial charge < -0.3 is 4.74 Å². The number of hydrogen-bond acceptors (Lipinski definition) is 4. The molecule has 21 heavy (non-hydrogen) atoms. The quantitative estimate of drug-likeness (QED) is 0.507. The van der Waals surface area contributed by atoms with E-state index < -0.39 is 10.0 Å². The summed E-state index contributed by atoms with van der Waals surface area (Å²) in [5.41, 5.74) is 0. The lowest BCUT2D eigenvalue weighted by atomic mass is 10.2. The van der Waals surface area contributed by atoms with Gasteiger partial charge in [-0.2, -0.15) is 4.31 Å². The van der Waals surface area contributed by atoms with Crippen molar-refractivity contribution in [2.24, 2.45) is 0 Å². The smallest absolute Gasteiger partial charge is 0.214 e.